The molecule has 214 valence electrons. The van der Waals surface area contributed by atoms with E-state index in [2.05, 4.69) is 13.8 Å². The maximum absolute atomic E-state index is 12.8. The molecular weight excluding hydrogens is 500 g/mol. The maximum Gasteiger partial charge on any atom is 0.338 e. The smallest absolute Gasteiger partial charge is 0.338 e. The third-order valence-electron chi connectivity index (χ3n) is 11.8. The monoisotopic (exact) mass is 544 g/mol. The second-order valence-electron chi connectivity index (χ2n) is 13.7. The maximum atomic E-state index is 12.8. The second-order valence-corrected chi connectivity index (χ2v) is 13.7. The van der Waals surface area contributed by atoms with Gasteiger partial charge in [-0.25, -0.2) is 9.59 Å². The Balaban J connectivity index is 1.14. The van der Waals surface area contributed by atoms with E-state index < -0.39 is 0 Å². The molecule has 5 heteroatoms. The SMILES string of the molecule is CC(OC(=O)c1ccccc1)C1CCC2C3CCC4C[C@H](OC(=O)c5ccccc5)CCC4(C)C3C(O)CC12C. The summed E-state index contributed by atoms with van der Waals surface area (Å²) in [7, 11) is 0. The van der Waals surface area contributed by atoms with Gasteiger partial charge in [0.2, 0.25) is 0 Å². The van der Waals surface area contributed by atoms with Crippen LogP contribution in [-0.4, -0.2) is 35.4 Å². The van der Waals surface area contributed by atoms with Crippen molar-refractivity contribution in [3.63, 3.8) is 0 Å². The highest BCUT2D eigenvalue weighted by Gasteiger charge is 2.64. The van der Waals surface area contributed by atoms with Gasteiger partial charge in [-0.1, -0.05) is 50.2 Å². The Morgan fingerprint density at radius 2 is 1.50 bits per heavy atom. The predicted octanol–water partition coefficient (Wildman–Crippen LogP) is 7.09. The van der Waals surface area contributed by atoms with Gasteiger partial charge in [-0.05, 0) is 117 Å². The Bertz CT molecular complexity index is 1210. The van der Waals surface area contributed by atoms with Crippen LogP contribution in [0.2, 0.25) is 0 Å². The van der Waals surface area contributed by atoms with Gasteiger partial charge in [0.1, 0.15) is 12.2 Å². The molecule has 2 aromatic rings. The molecule has 0 aromatic heterocycles. The molecule has 6 rings (SSSR count). The number of fused-ring (bicyclic) bond motifs is 5. The summed E-state index contributed by atoms with van der Waals surface area (Å²) in [5.74, 6) is 1.52. The molecule has 0 radical (unpaired) electrons. The molecule has 0 bridgehead atoms. The summed E-state index contributed by atoms with van der Waals surface area (Å²) in [5, 5.41) is 11.8. The lowest BCUT2D eigenvalue weighted by atomic mass is 9.43. The van der Waals surface area contributed by atoms with Gasteiger partial charge in [0.15, 0.2) is 0 Å². The molecule has 4 saturated carbocycles. The van der Waals surface area contributed by atoms with Gasteiger partial charge in [0.05, 0.1) is 17.2 Å². The number of hydrogen-bond donors (Lipinski definition) is 1. The molecule has 5 nitrogen and oxygen atoms in total. The Morgan fingerprint density at radius 3 is 2.17 bits per heavy atom. The quantitative estimate of drug-likeness (QED) is 0.407. The summed E-state index contributed by atoms with van der Waals surface area (Å²) in [6, 6.07) is 18.5. The van der Waals surface area contributed by atoms with Crippen LogP contribution in [0.4, 0.5) is 0 Å². The van der Waals surface area contributed by atoms with Crippen LogP contribution >= 0.6 is 0 Å². The van der Waals surface area contributed by atoms with Gasteiger partial charge in [-0.15, -0.1) is 0 Å². The van der Waals surface area contributed by atoms with Crippen molar-refractivity contribution in [3.8, 4) is 0 Å². The van der Waals surface area contributed by atoms with Crippen LogP contribution in [-0.2, 0) is 9.47 Å². The Labute approximate surface area is 238 Å². The van der Waals surface area contributed by atoms with Crippen LogP contribution < -0.4 is 0 Å². The molecule has 40 heavy (non-hydrogen) atoms. The molecule has 0 amide bonds. The summed E-state index contributed by atoms with van der Waals surface area (Å²) in [4.78, 5) is 25.6. The topological polar surface area (TPSA) is 72.8 Å². The third kappa shape index (κ3) is 4.68. The summed E-state index contributed by atoms with van der Waals surface area (Å²) < 4.78 is 12.0. The fourth-order valence-corrected chi connectivity index (χ4v) is 9.95. The van der Waals surface area contributed by atoms with E-state index in [0.29, 0.717) is 28.9 Å². The van der Waals surface area contributed by atoms with E-state index in [1.807, 2.05) is 55.5 Å². The van der Waals surface area contributed by atoms with E-state index in [9.17, 15) is 14.7 Å². The zero-order valence-electron chi connectivity index (χ0n) is 24.1. The van der Waals surface area contributed by atoms with Gasteiger partial charge in [0.25, 0.3) is 0 Å². The normalized spacial score (nSPS) is 39.2. The van der Waals surface area contributed by atoms with Crippen LogP contribution in [0.15, 0.2) is 60.7 Å². The van der Waals surface area contributed by atoms with Crippen LogP contribution in [0, 0.1) is 40.4 Å². The Morgan fingerprint density at radius 1 is 0.850 bits per heavy atom. The average molecular weight is 545 g/mol. The van der Waals surface area contributed by atoms with Crippen LogP contribution in [0.5, 0.6) is 0 Å². The first-order valence-electron chi connectivity index (χ1n) is 15.4. The van der Waals surface area contributed by atoms with Crippen molar-refractivity contribution < 1.29 is 24.2 Å². The molecule has 4 fully saturated rings. The summed E-state index contributed by atoms with van der Waals surface area (Å²) in [6.45, 7) is 6.82. The third-order valence-corrected chi connectivity index (χ3v) is 11.8. The van der Waals surface area contributed by atoms with E-state index in [1.165, 1.54) is 0 Å². The Kier molecular flexibility index (Phi) is 7.31. The molecule has 9 unspecified atom stereocenters. The minimum absolute atomic E-state index is 0.0391. The predicted molar refractivity (Wildman–Crippen MR) is 154 cm³/mol. The fourth-order valence-electron chi connectivity index (χ4n) is 9.95. The highest BCUT2D eigenvalue weighted by atomic mass is 16.5. The van der Waals surface area contributed by atoms with Crippen molar-refractivity contribution in [3.05, 3.63) is 71.8 Å². The lowest BCUT2D eigenvalue weighted by molar-refractivity contribution is -0.182. The number of rotatable bonds is 5. The number of ether oxygens (including phenoxy) is 2. The highest BCUT2D eigenvalue weighted by molar-refractivity contribution is 5.89. The molecule has 4 aliphatic carbocycles. The first-order valence-corrected chi connectivity index (χ1v) is 15.4. The number of benzene rings is 2. The second kappa shape index (κ2) is 10.6. The average Bonchev–Trinajstić information content (AvgIpc) is 3.30. The zero-order valence-corrected chi connectivity index (χ0v) is 24.1. The van der Waals surface area contributed by atoms with Gasteiger partial charge in [-0.3, -0.25) is 0 Å². The molecule has 4 aliphatic rings. The molecule has 1 N–H and O–H groups in total. The van der Waals surface area contributed by atoms with E-state index in [0.717, 1.165) is 51.4 Å². The molecule has 10 atom stereocenters. The number of aliphatic hydroxyl groups is 1. The standard InChI is InChI=1S/C35H44O5/c1-22(39-32(37)23-10-6-4-7-11-23)28-16-17-29-27-15-14-25-20-26(40-33(38)24-12-8-5-9-13-24)18-19-34(25,2)31(27)30(36)21-35(28,29)3/h4-13,22,25-31,36H,14-21H2,1-3H3/t22?,25?,26-,27?,28?,29?,30?,31?,34?,35?/m1/s1. The van der Waals surface area contributed by atoms with Gasteiger partial charge in [0, 0.05) is 5.92 Å². The Hall–Kier alpha value is -2.66. The first-order chi connectivity index (χ1) is 19.2. The number of esters is 2. The van der Waals surface area contributed by atoms with Gasteiger partial charge in [-0.2, -0.15) is 0 Å². The van der Waals surface area contributed by atoms with Crippen molar-refractivity contribution >= 4 is 11.9 Å². The molecule has 0 saturated heterocycles. The van der Waals surface area contributed by atoms with Crippen LogP contribution in [0.25, 0.3) is 0 Å². The summed E-state index contributed by atoms with van der Waals surface area (Å²) in [6.07, 6.45) is 7.33. The van der Waals surface area contributed by atoms with Crippen molar-refractivity contribution in [1.82, 2.24) is 0 Å². The lowest BCUT2D eigenvalue weighted by Crippen LogP contribution is -2.59. The molecule has 0 heterocycles. The number of aliphatic hydroxyl groups excluding tert-OH is 1. The molecule has 0 spiro atoms. The fraction of sp³-hybridized carbons (Fsp3) is 0.600. The molecule has 0 aliphatic heterocycles. The van der Waals surface area contributed by atoms with Crippen LogP contribution in [0.1, 0.15) is 92.9 Å². The van der Waals surface area contributed by atoms with Crippen molar-refractivity contribution in [2.45, 2.75) is 90.4 Å². The first kappa shape index (κ1) is 27.5. The van der Waals surface area contributed by atoms with Crippen molar-refractivity contribution in [1.29, 1.82) is 0 Å². The van der Waals surface area contributed by atoms with Crippen LogP contribution in [0.3, 0.4) is 0 Å². The molecular formula is C35H44O5. The van der Waals surface area contributed by atoms with E-state index in [4.69, 9.17) is 9.47 Å². The summed E-state index contributed by atoms with van der Waals surface area (Å²) >= 11 is 0. The zero-order chi connectivity index (χ0) is 28.1. The van der Waals surface area contributed by atoms with E-state index in [-0.39, 0.29) is 52.9 Å². The van der Waals surface area contributed by atoms with E-state index >= 15 is 0 Å². The summed E-state index contributed by atoms with van der Waals surface area (Å²) in [5.41, 5.74) is 1.22. The van der Waals surface area contributed by atoms with Gasteiger partial charge >= 0.3 is 11.9 Å². The highest BCUT2D eigenvalue weighted by Crippen LogP contribution is 2.68. The van der Waals surface area contributed by atoms with E-state index in [1.54, 1.807) is 12.1 Å². The minimum atomic E-state index is -0.361. The van der Waals surface area contributed by atoms with Gasteiger partial charge < -0.3 is 14.6 Å². The number of carbonyl (C=O) groups excluding carboxylic acids is 2. The van der Waals surface area contributed by atoms with Crippen molar-refractivity contribution in [2.75, 3.05) is 0 Å². The minimum Gasteiger partial charge on any atom is -0.459 e. The number of hydrogen-bond acceptors (Lipinski definition) is 5. The van der Waals surface area contributed by atoms with Crippen molar-refractivity contribution in [2.24, 2.45) is 40.4 Å². The lowest BCUT2D eigenvalue weighted by Gasteiger charge is -2.62. The largest absolute Gasteiger partial charge is 0.459 e. The molecule has 2 aromatic carbocycles. The number of carbonyl (C=O) groups is 2.